The van der Waals surface area contributed by atoms with Gasteiger partial charge in [-0.25, -0.2) is 8.42 Å². The van der Waals surface area contributed by atoms with Crippen molar-refractivity contribution in [3.8, 4) is 0 Å². The number of non-ortho nitro benzene ring substituents is 1. The minimum Gasteiger partial charge on any atom is -0.313 e. The molecule has 1 unspecified atom stereocenters. The number of hydrogen-bond donors (Lipinski definition) is 1. The molecule has 0 saturated carbocycles. The standard InChI is InChI=1S/C16H18N4O4S.ClH/c1-12-9-14(20(21)22)4-5-16(12)25(23,24)19-8-7-18-11-15(19)13-3-2-6-17-10-13;/h2-6,9-10,15,18H,7-8,11H2,1H3;1H. The smallest absolute Gasteiger partial charge is 0.269 e. The maximum absolute atomic E-state index is 13.2. The average Bonchev–Trinajstić information content (AvgIpc) is 2.62. The van der Waals surface area contributed by atoms with Gasteiger partial charge in [-0.2, -0.15) is 4.31 Å². The fraction of sp³-hybridized carbons (Fsp3) is 0.312. The zero-order valence-electron chi connectivity index (χ0n) is 14.0. The molecular formula is C16H19ClN4O4S. The quantitative estimate of drug-likeness (QED) is 0.624. The molecule has 1 aromatic heterocycles. The van der Waals surface area contributed by atoms with Crippen LogP contribution in [0.5, 0.6) is 0 Å². The molecule has 1 fully saturated rings. The van der Waals surface area contributed by atoms with Crippen molar-refractivity contribution in [3.05, 3.63) is 64.0 Å². The van der Waals surface area contributed by atoms with Gasteiger partial charge in [0.25, 0.3) is 5.69 Å². The first kappa shape index (κ1) is 20.2. The highest BCUT2D eigenvalue weighted by Gasteiger charge is 2.35. The van der Waals surface area contributed by atoms with E-state index in [-0.39, 0.29) is 29.0 Å². The zero-order valence-corrected chi connectivity index (χ0v) is 15.7. The van der Waals surface area contributed by atoms with Gasteiger partial charge in [0.1, 0.15) is 0 Å². The molecule has 3 rings (SSSR count). The summed E-state index contributed by atoms with van der Waals surface area (Å²) in [6.45, 7) is 2.92. The molecule has 0 bridgehead atoms. The van der Waals surface area contributed by atoms with Gasteiger partial charge in [0.15, 0.2) is 0 Å². The number of nitro groups is 1. The van der Waals surface area contributed by atoms with Crippen molar-refractivity contribution in [1.29, 1.82) is 0 Å². The first-order valence-electron chi connectivity index (χ1n) is 7.79. The van der Waals surface area contributed by atoms with E-state index in [2.05, 4.69) is 10.3 Å². The number of pyridine rings is 1. The van der Waals surface area contributed by atoms with Crippen LogP contribution in [-0.2, 0) is 10.0 Å². The molecule has 1 atom stereocenters. The summed E-state index contributed by atoms with van der Waals surface area (Å²) in [5.74, 6) is 0. The largest absolute Gasteiger partial charge is 0.313 e. The first-order chi connectivity index (χ1) is 11.9. The third kappa shape index (κ3) is 3.85. The van der Waals surface area contributed by atoms with Crippen LogP contribution in [0.25, 0.3) is 0 Å². The number of nitro benzene ring substituents is 1. The molecule has 26 heavy (non-hydrogen) atoms. The molecule has 0 aliphatic carbocycles. The Labute approximate surface area is 157 Å². The van der Waals surface area contributed by atoms with Crippen LogP contribution >= 0.6 is 12.4 Å². The second-order valence-electron chi connectivity index (χ2n) is 5.83. The molecule has 1 saturated heterocycles. The molecule has 2 aromatic rings. The molecule has 8 nitrogen and oxygen atoms in total. The van der Waals surface area contributed by atoms with E-state index >= 15 is 0 Å². The molecule has 1 N–H and O–H groups in total. The molecule has 1 aromatic carbocycles. The third-order valence-electron chi connectivity index (χ3n) is 4.22. The fourth-order valence-corrected chi connectivity index (χ4v) is 4.81. The maximum Gasteiger partial charge on any atom is 0.269 e. The number of nitrogens with one attached hydrogen (secondary N) is 1. The zero-order chi connectivity index (χ0) is 18.0. The van der Waals surface area contributed by atoms with Gasteiger partial charge in [-0.15, -0.1) is 12.4 Å². The molecule has 0 radical (unpaired) electrons. The van der Waals surface area contributed by atoms with Gasteiger partial charge in [-0.1, -0.05) is 6.07 Å². The summed E-state index contributed by atoms with van der Waals surface area (Å²) in [6.07, 6.45) is 3.29. The molecular weight excluding hydrogens is 380 g/mol. The van der Waals surface area contributed by atoms with E-state index in [1.54, 1.807) is 25.4 Å². The topological polar surface area (TPSA) is 105 Å². The normalized spacial score (nSPS) is 18.1. The van der Waals surface area contributed by atoms with E-state index in [4.69, 9.17) is 0 Å². The summed E-state index contributed by atoms with van der Waals surface area (Å²) in [4.78, 5) is 14.5. The van der Waals surface area contributed by atoms with Crippen LogP contribution in [-0.4, -0.2) is 42.3 Å². The van der Waals surface area contributed by atoms with E-state index in [0.29, 0.717) is 25.2 Å². The monoisotopic (exact) mass is 398 g/mol. The Hall–Kier alpha value is -2.07. The Morgan fingerprint density at radius 1 is 1.35 bits per heavy atom. The molecule has 140 valence electrons. The molecule has 2 heterocycles. The van der Waals surface area contributed by atoms with Gasteiger partial charge in [0, 0.05) is 44.2 Å². The third-order valence-corrected chi connectivity index (χ3v) is 6.29. The highest BCUT2D eigenvalue weighted by atomic mass is 35.5. The SMILES string of the molecule is Cc1cc([N+](=O)[O-])ccc1S(=O)(=O)N1CCNCC1c1cccnc1.Cl. The number of benzene rings is 1. The van der Waals surface area contributed by atoms with E-state index in [1.165, 1.54) is 22.5 Å². The lowest BCUT2D eigenvalue weighted by molar-refractivity contribution is -0.385. The van der Waals surface area contributed by atoms with Crippen molar-refractivity contribution in [2.45, 2.75) is 17.9 Å². The van der Waals surface area contributed by atoms with Crippen LogP contribution in [0.4, 0.5) is 5.69 Å². The predicted octanol–water partition coefficient (Wildman–Crippen LogP) is 2.06. The maximum atomic E-state index is 13.2. The predicted molar refractivity (Wildman–Crippen MR) is 98.8 cm³/mol. The lowest BCUT2D eigenvalue weighted by Crippen LogP contribution is -2.48. The highest BCUT2D eigenvalue weighted by molar-refractivity contribution is 7.89. The molecule has 0 spiro atoms. The summed E-state index contributed by atoms with van der Waals surface area (Å²) >= 11 is 0. The van der Waals surface area contributed by atoms with Crippen molar-refractivity contribution >= 4 is 28.1 Å². The minimum absolute atomic E-state index is 0. The Morgan fingerprint density at radius 2 is 2.12 bits per heavy atom. The van der Waals surface area contributed by atoms with Crippen LogP contribution in [0.15, 0.2) is 47.6 Å². The van der Waals surface area contributed by atoms with Gasteiger partial charge in [0.05, 0.1) is 15.9 Å². The summed E-state index contributed by atoms with van der Waals surface area (Å²) in [5, 5.41) is 14.1. The molecule has 1 aliphatic rings. The lowest BCUT2D eigenvalue weighted by atomic mass is 10.1. The second kappa shape index (κ2) is 8.09. The van der Waals surface area contributed by atoms with Crippen molar-refractivity contribution < 1.29 is 13.3 Å². The Kier molecular flexibility index (Phi) is 6.30. The molecule has 0 amide bonds. The van der Waals surface area contributed by atoms with Gasteiger partial charge in [-0.3, -0.25) is 15.1 Å². The van der Waals surface area contributed by atoms with E-state index < -0.39 is 14.9 Å². The second-order valence-corrected chi connectivity index (χ2v) is 7.69. The van der Waals surface area contributed by atoms with Crippen molar-refractivity contribution in [2.75, 3.05) is 19.6 Å². The van der Waals surface area contributed by atoms with Crippen molar-refractivity contribution in [1.82, 2.24) is 14.6 Å². The number of nitrogens with zero attached hydrogens (tertiary/aromatic N) is 3. The fourth-order valence-electron chi connectivity index (χ4n) is 2.99. The Balaban J connectivity index is 0.00000243. The van der Waals surface area contributed by atoms with Gasteiger partial charge >= 0.3 is 0 Å². The lowest BCUT2D eigenvalue weighted by Gasteiger charge is -2.35. The number of aryl methyl sites for hydroxylation is 1. The van der Waals surface area contributed by atoms with Crippen molar-refractivity contribution in [2.24, 2.45) is 0 Å². The van der Waals surface area contributed by atoms with E-state index in [0.717, 1.165) is 5.56 Å². The molecule has 10 heteroatoms. The number of halogens is 1. The summed E-state index contributed by atoms with van der Waals surface area (Å²) < 4.78 is 27.8. The summed E-state index contributed by atoms with van der Waals surface area (Å²) in [7, 11) is -3.79. The highest BCUT2D eigenvalue weighted by Crippen LogP contribution is 2.31. The van der Waals surface area contributed by atoms with Gasteiger partial charge in [-0.05, 0) is 30.2 Å². The van der Waals surface area contributed by atoms with Crippen LogP contribution in [0.1, 0.15) is 17.2 Å². The Morgan fingerprint density at radius 3 is 2.73 bits per heavy atom. The average molecular weight is 399 g/mol. The molecule has 1 aliphatic heterocycles. The Bertz CT molecular complexity index is 892. The van der Waals surface area contributed by atoms with Crippen LogP contribution in [0.2, 0.25) is 0 Å². The van der Waals surface area contributed by atoms with Crippen LogP contribution < -0.4 is 5.32 Å². The number of piperazine rings is 1. The van der Waals surface area contributed by atoms with E-state index in [9.17, 15) is 18.5 Å². The minimum atomic E-state index is -3.79. The number of rotatable bonds is 4. The number of aromatic nitrogens is 1. The van der Waals surface area contributed by atoms with Crippen LogP contribution in [0, 0.1) is 17.0 Å². The van der Waals surface area contributed by atoms with E-state index in [1.807, 2.05) is 6.07 Å². The first-order valence-corrected chi connectivity index (χ1v) is 9.23. The van der Waals surface area contributed by atoms with Crippen LogP contribution in [0.3, 0.4) is 0 Å². The summed E-state index contributed by atoms with van der Waals surface area (Å²) in [5.41, 5.74) is 1.04. The number of sulfonamides is 1. The summed E-state index contributed by atoms with van der Waals surface area (Å²) in [6, 6.07) is 7.06. The number of hydrogen-bond acceptors (Lipinski definition) is 6. The van der Waals surface area contributed by atoms with Gasteiger partial charge in [0.2, 0.25) is 10.0 Å². The van der Waals surface area contributed by atoms with Crippen molar-refractivity contribution in [3.63, 3.8) is 0 Å². The van der Waals surface area contributed by atoms with Gasteiger partial charge < -0.3 is 5.32 Å².